The van der Waals surface area contributed by atoms with Crippen molar-refractivity contribution in [2.75, 3.05) is 26.2 Å². The lowest BCUT2D eigenvalue weighted by molar-refractivity contribution is 0.269. The van der Waals surface area contributed by atoms with E-state index < -0.39 is 35.3 Å². The van der Waals surface area contributed by atoms with Gasteiger partial charge in [-0.3, -0.25) is 4.79 Å². The summed E-state index contributed by atoms with van der Waals surface area (Å²) in [5, 5.41) is 5.38. The van der Waals surface area contributed by atoms with E-state index in [1.165, 1.54) is 6.07 Å². The topological polar surface area (TPSA) is 142 Å². The number of nitrogens with zero attached hydrogens (tertiary/aromatic N) is 1. The van der Waals surface area contributed by atoms with Crippen LogP contribution in [0.5, 0.6) is 0 Å². The minimum absolute atomic E-state index is 0.0711. The van der Waals surface area contributed by atoms with Gasteiger partial charge in [-0.25, -0.2) is 26.7 Å². The summed E-state index contributed by atoms with van der Waals surface area (Å²) in [4.78, 5) is 17.3. The van der Waals surface area contributed by atoms with Crippen LogP contribution in [0.3, 0.4) is 0 Å². The number of nitrogens with two attached hydrogens (primary N) is 1. The number of rotatable bonds is 12. The van der Waals surface area contributed by atoms with Crippen molar-refractivity contribution in [1.82, 2.24) is 14.6 Å². The SMILES string of the molecule is CCCCN(CCCC)CCNS(=O)(=O)c1c(S(N)(=O)=O)ccc2[nH]c3ccccc3c(=O)c12. The molecule has 0 unspecified atom stereocenters. The molecule has 0 bridgehead atoms. The van der Waals surface area contributed by atoms with E-state index in [0.29, 0.717) is 12.1 Å². The second-order valence-corrected chi connectivity index (χ2v) is 11.5. The van der Waals surface area contributed by atoms with Crippen LogP contribution in [0, 0.1) is 0 Å². The first-order valence-corrected chi connectivity index (χ1v) is 14.5. The number of pyridine rings is 1. The van der Waals surface area contributed by atoms with E-state index in [2.05, 4.69) is 28.5 Å². The maximum Gasteiger partial charge on any atom is 0.242 e. The fourth-order valence-corrected chi connectivity index (χ4v) is 6.57. The molecule has 0 aliphatic carbocycles. The highest BCUT2D eigenvalue weighted by Crippen LogP contribution is 2.28. The Morgan fingerprint density at radius 1 is 0.912 bits per heavy atom. The molecule has 4 N–H and O–H groups in total. The minimum atomic E-state index is -4.43. The number of nitrogens with one attached hydrogen (secondary N) is 2. The summed E-state index contributed by atoms with van der Waals surface area (Å²) in [6.07, 6.45) is 4.05. The molecule has 1 heterocycles. The average molecular weight is 509 g/mol. The van der Waals surface area contributed by atoms with Crippen molar-refractivity contribution < 1.29 is 16.8 Å². The standard InChI is InChI=1S/C23H32N4O5S2/c1-3-5-14-27(15-6-4-2)16-13-25-34(31,32)23-20(33(24,29)30)12-11-19-21(23)22(28)17-9-7-8-10-18(17)26-19/h7-12,25H,3-6,13-16H2,1-2H3,(H,26,28)(H2,24,29,30). The van der Waals surface area contributed by atoms with Crippen LogP contribution >= 0.6 is 0 Å². The van der Waals surface area contributed by atoms with E-state index in [4.69, 9.17) is 5.14 Å². The van der Waals surface area contributed by atoms with Gasteiger partial charge >= 0.3 is 0 Å². The zero-order valence-electron chi connectivity index (χ0n) is 19.5. The lowest BCUT2D eigenvalue weighted by Gasteiger charge is -2.22. The van der Waals surface area contributed by atoms with Crippen LogP contribution in [-0.4, -0.2) is 52.9 Å². The molecule has 186 valence electrons. The Bertz CT molecular complexity index is 1430. The molecule has 0 fully saturated rings. The number of aromatic amines is 1. The van der Waals surface area contributed by atoms with Gasteiger partial charge in [0.25, 0.3) is 0 Å². The normalized spacial score (nSPS) is 12.7. The van der Waals surface area contributed by atoms with Crippen LogP contribution in [0.1, 0.15) is 39.5 Å². The highest BCUT2D eigenvalue weighted by atomic mass is 32.2. The van der Waals surface area contributed by atoms with E-state index in [1.807, 2.05) is 0 Å². The molecule has 0 saturated heterocycles. The van der Waals surface area contributed by atoms with Crippen LogP contribution in [0.25, 0.3) is 21.8 Å². The molecule has 0 amide bonds. The number of primary sulfonamides is 1. The van der Waals surface area contributed by atoms with E-state index >= 15 is 0 Å². The van der Waals surface area contributed by atoms with E-state index in [9.17, 15) is 21.6 Å². The first kappa shape index (κ1) is 26.3. The third-order valence-corrected chi connectivity index (χ3v) is 8.37. The van der Waals surface area contributed by atoms with E-state index in [0.717, 1.165) is 44.8 Å². The minimum Gasteiger partial charge on any atom is -0.354 e. The Morgan fingerprint density at radius 2 is 1.56 bits per heavy atom. The molecule has 0 spiro atoms. The van der Waals surface area contributed by atoms with Crippen LogP contribution in [0.4, 0.5) is 0 Å². The number of sulfonamides is 2. The lowest BCUT2D eigenvalue weighted by atomic mass is 10.1. The number of aromatic nitrogens is 1. The van der Waals surface area contributed by atoms with Gasteiger partial charge in [0, 0.05) is 24.0 Å². The van der Waals surface area contributed by atoms with Gasteiger partial charge in [0.2, 0.25) is 20.0 Å². The molecule has 0 saturated carbocycles. The van der Waals surface area contributed by atoms with Gasteiger partial charge in [0.05, 0.1) is 10.9 Å². The Morgan fingerprint density at radius 3 is 2.18 bits per heavy atom. The Hall–Kier alpha value is -2.31. The molecule has 0 atom stereocenters. The zero-order chi connectivity index (χ0) is 24.9. The molecule has 0 radical (unpaired) electrons. The molecular weight excluding hydrogens is 476 g/mol. The van der Waals surface area contributed by atoms with Gasteiger partial charge in [0.15, 0.2) is 5.43 Å². The first-order chi connectivity index (χ1) is 16.1. The summed E-state index contributed by atoms with van der Waals surface area (Å²) in [6.45, 7) is 6.42. The van der Waals surface area contributed by atoms with Crippen molar-refractivity contribution in [2.24, 2.45) is 5.14 Å². The van der Waals surface area contributed by atoms with E-state index in [1.54, 1.807) is 24.3 Å². The Labute approximate surface area is 200 Å². The monoisotopic (exact) mass is 508 g/mol. The van der Waals surface area contributed by atoms with E-state index in [-0.39, 0.29) is 22.8 Å². The molecule has 3 rings (SSSR count). The van der Waals surface area contributed by atoms with Crippen LogP contribution < -0.4 is 15.3 Å². The van der Waals surface area contributed by atoms with Crippen molar-refractivity contribution in [3.05, 3.63) is 46.6 Å². The fourth-order valence-electron chi connectivity index (χ4n) is 3.96. The Kier molecular flexibility index (Phi) is 8.47. The maximum atomic E-state index is 13.4. The van der Waals surface area contributed by atoms with Crippen molar-refractivity contribution >= 4 is 41.9 Å². The molecule has 34 heavy (non-hydrogen) atoms. The lowest BCUT2D eigenvalue weighted by Crippen LogP contribution is -2.37. The van der Waals surface area contributed by atoms with Gasteiger partial charge in [-0.1, -0.05) is 38.8 Å². The summed E-state index contributed by atoms with van der Waals surface area (Å²) < 4.78 is 53.9. The van der Waals surface area contributed by atoms with Crippen molar-refractivity contribution in [3.8, 4) is 0 Å². The molecule has 0 aliphatic heterocycles. The predicted molar refractivity (Wildman–Crippen MR) is 135 cm³/mol. The summed E-state index contributed by atoms with van der Waals surface area (Å²) in [5.41, 5.74) is 0.147. The second kappa shape index (κ2) is 11.0. The van der Waals surface area contributed by atoms with Crippen LogP contribution in [0.15, 0.2) is 51.0 Å². The van der Waals surface area contributed by atoms with Gasteiger partial charge in [0.1, 0.15) is 9.79 Å². The van der Waals surface area contributed by atoms with Gasteiger partial charge in [-0.05, 0) is 50.2 Å². The van der Waals surface area contributed by atoms with Crippen molar-refractivity contribution in [1.29, 1.82) is 0 Å². The van der Waals surface area contributed by atoms with Crippen LogP contribution in [-0.2, 0) is 20.0 Å². The molecule has 2 aromatic carbocycles. The molecule has 3 aromatic rings. The third-order valence-electron chi connectivity index (χ3n) is 5.74. The number of unbranched alkanes of at least 4 members (excludes halogenated alkanes) is 2. The maximum absolute atomic E-state index is 13.4. The summed E-state index contributed by atoms with van der Waals surface area (Å²) >= 11 is 0. The molecule has 0 aliphatic rings. The highest BCUT2D eigenvalue weighted by Gasteiger charge is 2.29. The number of fused-ring (bicyclic) bond motifs is 2. The summed E-state index contributed by atoms with van der Waals surface area (Å²) in [7, 11) is -8.81. The fraction of sp³-hybridized carbons (Fsp3) is 0.435. The summed E-state index contributed by atoms with van der Waals surface area (Å²) in [6, 6.07) is 9.12. The first-order valence-electron chi connectivity index (χ1n) is 11.4. The molecule has 9 nitrogen and oxygen atoms in total. The number of H-pyrrole nitrogens is 1. The number of hydrogen-bond acceptors (Lipinski definition) is 6. The average Bonchev–Trinajstić information content (AvgIpc) is 2.79. The number of hydrogen-bond donors (Lipinski definition) is 3. The third kappa shape index (κ3) is 5.84. The van der Waals surface area contributed by atoms with Gasteiger partial charge in [-0.2, -0.15) is 0 Å². The van der Waals surface area contributed by atoms with Crippen molar-refractivity contribution in [3.63, 3.8) is 0 Å². The van der Waals surface area contributed by atoms with Crippen LogP contribution in [0.2, 0.25) is 0 Å². The Balaban J connectivity index is 2.07. The van der Waals surface area contributed by atoms with Gasteiger partial charge < -0.3 is 9.88 Å². The van der Waals surface area contributed by atoms with Gasteiger partial charge in [-0.15, -0.1) is 0 Å². The smallest absolute Gasteiger partial charge is 0.242 e. The second-order valence-electron chi connectivity index (χ2n) is 8.31. The summed E-state index contributed by atoms with van der Waals surface area (Å²) in [5.74, 6) is 0. The predicted octanol–water partition coefficient (Wildman–Crippen LogP) is 2.51. The highest BCUT2D eigenvalue weighted by molar-refractivity contribution is 7.92. The van der Waals surface area contributed by atoms with Crippen molar-refractivity contribution in [2.45, 2.75) is 49.3 Å². The molecule has 11 heteroatoms. The molecule has 1 aromatic heterocycles. The largest absolute Gasteiger partial charge is 0.354 e. The number of benzene rings is 2. The zero-order valence-corrected chi connectivity index (χ0v) is 21.1. The quantitative estimate of drug-likeness (QED) is 0.321. The number of para-hydroxylation sites is 1. The molecular formula is C23H32N4O5S2.